The predicted octanol–water partition coefficient (Wildman–Crippen LogP) is -0.0759. The molecule has 0 aromatic rings. The Balaban J connectivity index is 0.00000121. The number of aliphatic hydroxyl groups excluding tert-OH is 1. The van der Waals surface area contributed by atoms with Crippen LogP contribution in [0, 0.1) is 0 Å². The summed E-state index contributed by atoms with van der Waals surface area (Å²) in [5.74, 6) is 0.866. The van der Waals surface area contributed by atoms with Crippen molar-refractivity contribution in [3.63, 3.8) is 0 Å². The highest BCUT2D eigenvalue weighted by atomic mass is 127. The average molecular weight is 285 g/mol. The normalized spacial score (nSPS) is 17.3. The summed E-state index contributed by atoms with van der Waals surface area (Å²) in [6, 6.07) is 0. The van der Waals surface area contributed by atoms with Crippen molar-refractivity contribution in [1.82, 2.24) is 10.6 Å². The third-order valence-corrected chi connectivity index (χ3v) is 1.53. The molecular weight excluding hydrogens is 269 g/mol. The molecule has 1 rings (SSSR count). The first-order chi connectivity index (χ1) is 5.29. The number of guanidine groups is 1. The first-order valence-corrected chi connectivity index (χ1v) is 3.99. The zero-order valence-electron chi connectivity index (χ0n) is 7.21. The molecule has 0 saturated heterocycles. The van der Waals surface area contributed by atoms with Crippen LogP contribution in [0.5, 0.6) is 0 Å². The molecule has 0 aromatic heterocycles. The van der Waals surface area contributed by atoms with Gasteiger partial charge in [0, 0.05) is 13.1 Å². The minimum Gasteiger partial charge on any atom is -0.393 e. The Hall–Kier alpha value is -0.0400. The van der Waals surface area contributed by atoms with Crippen LogP contribution in [0.15, 0.2) is 4.99 Å². The van der Waals surface area contributed by atoms with Gasteiger partial charge >= 0.3 is 0 Å². The Bertz CT molecular complexity index is 150. The topological polar surface area (TPSA) is 56.6 Å². The number of halogens is 1. The summed E-state index contributed by atoms with van der Waals surface area (Å²) in [6.07, 6.45) is 0.533. The molecule has 0 saturated carbocycles. The fraction of sp³-hybridized carbons (Fsp3) is 0.857. The van der Waals surface area contributed by atoms with E-state index in [2.05, 4.69) is 15.6 Å². The van der Waals surface area contributed by atoms with Crippen LogP contribution in [0.3, 0.4) is 0 Å². The van der Waals surface area contributed by atoms with E-state index in [1.807, 2.05) is 0 Å². The van der Waals surface area contributed by atoms with Crippen LogP contribution >= 0.6 is 24.0 Å². The fourth-order valence-corrected chi connectivity index (χ4v) is 0.916. The molecular formula is C7H16IN3O. The largest absolute Gasteiger partial charge is 0.393 e. The molecule has 0 unspecified atom stereocenters. The number of hydrogen-bond acceptors (Lipinski definition) is 4. The lowest BCUT2D eigenvalue weighted by molar-refractivity contribution is 0.185. The highest BCUT2D eigenvalue weighted by Gasteiger charge is 2.03. The molecule has 0 bridgehead atoms. The Labute approximate surface area is 89.9 Å². The number of aliphatic hydroxyl groups is 1. The molecule has 1 heterocycles. The van der Waals surface area contributed by atoms with Crippen LogP contribution in [0.25, 0.3) is 0 Å². The molecule has 72 valence electrons. The molecule has 5 heteroatoms. The average Bonchev–Trinajstić information content (AvgIpc) is 2.39. The van der Waals surface area contributed by atoms with Crippen molar-refractivity contribution in [3.8, 4) is 0 Å². The van der Waals surface area contributed by atoms with E-state index in [0.717, 1.165) is 32.0 Å². The number of nitrogens with one attached hydrogen (secondary N) is 2. The van der Waals surface area contributed by atoms with Crippen molar-refractivity contribution in [3.05, 3.63) is 0 Å². The van der Waals surface area contributed by atoms with Crippen molar-refractivity contribution < 1.29 is 5.11 Å². The van der Waals surface area contributed by atoms with Crippen molar-refractivity contribution in [2.45, 2.75) is 19.4 Å². The van der Waals surface area contributed by atoms with Crippen LogP contribution in [-0.2, 0) is 0 Å². The van der Waals surface area contributed by atoms with E-state index in [0.29, 0.717) is 0 Å². The maximum absolute atomic E-state index is 8.93. The SMILES string of the molecule is C[C@@H](O)CCNC1=NCCN1.I. The Kier molecular flexibility index (Phi) is 6.45. The molecule has 0 fully saturated rings. The monoisotopic (exact) mass is 285 g/mol. The minimum absolute atomic E-state index is 0. The van der Waals surface area contributed by atoms with Gasteiger partial charge in [-0.15, -0.1) is 24.0 Å². The van der Waals surface area contributed by atoms with Crippen molar-refractivity contribution in [2.75, 3.05) is 19.6 Å². The molecule has 1 aliphatic heterocycles. The van der Waals surface area contributed by atoms with Crippen LogP contribution in [0.2, 0.25) is 0 Å². The number of aliphatic imine (C=N–C) groups is 1. The standard InChI is InChI=1S/C7H15N3O.HI/c1-6(11)2-3-8-7-9-4-5-10-7;/h6,11H,2-5H2,1H3,(H2,8,9,10);1H/t6-;/m1./s1. The number of hydrogen-bond donors (Lipinski definition) is 3. The molecule has 0 spiro atoms. The van der Waals surface area contributed by atoms with E-state index in [4.69, 9.17) is 5.11 Å². The second-order valence-corrected chi connectivity index (χ2v) is 2.72. The third kappa shape index (κ3) is 4.76. The maximum atomic E-state index is 8.93. The van der Waals surface area contributed by atoms with Gasteiger partial charge in [-0.1, -0.05) is 0 Å². The van der Waals surface area contributed by atoms with Gasteiger partial charge in [-0.05, 0) is 13.3 Å². The Morgan fingerprint density at radius 1 is 1.75 bits per heavy atom. The third-order valence-electron chi connectivity index (χ3n) is 1.53. The molecule has 0 radical (unpaired) electrons. The van der Waals surface area contributed by atoms with Crippen LogP contribution in [0.1, 0.15) is 13.3 Å². The summed E-state index contributed by atoms with van der Waals surface area (Å²) in [5.41, 5.74) is 0. The maximum Gasteiger partial charge on any atom is 0.191 e. The van der Waals surface area contributed by atoms with Gasteiger partial charge in [0.15, 0.2) is 5.96 Å². The second-order valence-electron chi connectivity index (χ2n) is 2.72. The first kappa shape index (κ1) is 12.0. The van der Waals surface area contributed by atoms with Crippen molar-refractivity contribution >= 4 is 29.9 Å². The highest BCUT2D eigenvalue weighted by molar-refractivity contribution is 14.0. The smallest absolute Gasteiger partial charge is 0.191 e. The zero-order valence-corrected chi connectivity index (χ0v) is 9.54. The van der Waals surface area contributed by atoms with Gasteiger partial charge in [0.1, 0.15) is 0 Å². The summed E-state index contributed by atoms with van der Waals surface area (Å²) in [4.78, 5) is 4.15. The number of nitrogens with zero attached hydrogens (tertiary/aromatic N) is 1. The van der Waals surface area contributed by atoms with Gasteiger partial charge in [-0.3, -0.25) is 4.99 Å². The van der Waals surface area contributed by atoms with Gasteiger partial charge in [-0.2, -0.15) is 0 Å². The number of rotatable bonds is 3. The molecule has 4 nitrogen and oxygen atoms in total. The lowest BCUT2D eigenvalue weighted by Gasteiger charge is -2.07. The van der Waals surface area contributed by atoms with Gasteiger partial charge in [-0.25, -0.2) is 0 Å². The molecule has 0 aromatic carbocycles. The van der Waals surface area contributed by atoms with E-state index in [-0.39, 0.29) is 30.1 Å². The lowest BCUT2D eigenvalue weighted by atomic mass is 10.3. The summed E-state index contributed by atoms with van der Waals surface area (Å²) >= 11 is 0. The van der Waals surface area contributed by atoms with Gasteiger partial charge in [0.05, 0.1) is 12.6 Å². The zero-order chi connectivity index (χ0) is 8.10. The van der Waals surface area contributed by atoms with E-state index in [1.165, 1.54) is 0 Å². The van der Waals surface area contributed by atoms with Crippen LogP contribution < -0.4 is 10.6 Å². The summed E-state index contributed by atoms with van der Waals surface area (Å²) in [7, 11) is 0. The summed E-state index contributed by atoms with van der Waals surface area (Å²) in [6.45, 7) is 4.35. The van der Waals surface area contributed by atoms with Crippen molar-refractivity contribution in [2.24, 2.45) is 4.99 Å². The molecule has 1 atom stereocenters. The minimum atomic E-state index is -0.232. The van der Waals surface area contributed by atoms with Gasteiger partial charge < -0.3 is 15.7 Å². The summed E-state index contributed by atoms with van der Waals surface area (Å²) < 4.78 is 0. The molecule has 1 aliphatic rings. The van der Waals surface area contributed by atoms with E-state index >= 15 is 0 Å². The molecule has 0 amide bonds. The van der Waals surface area contributed by atoms with Crippen LogP contribution in [-0.4, -0.2) is 36.8 Å². The van der Waals surface area contributed by atoms with Crippen LogP contribution in [0.4, 0.5) is 0 Å². The Morgan fingerprint density at radius 2 is 2.50 bits per heavy atom. The summed E-state index contributed by atoms with van der Waals surface area (Å²) in [5, 5.41) is 15.1. The van der Waals surface area contributed by atoms with Gasteiger partial charge in [0.2, 0.25) is 0 Å². The first-order valence-electron chi connectivity index (χ1n) is 3.99. The van der Waals surface area contributed by atoms with E-state index in [9.17, 15) is 0 Å². The van der Waals surface area contributed by atoms with Crippen molar-refractivity contribution in [1.29, 1.82) is 0 Å². The molecule has 0 aliphatic carbocycles. The highest BCUT2D eigenvalue weighted by Crippen LogP contribution is 1.87. The fourth-order valence-electron chi connectivity index (χ4n) is 0.916. The van der Waals surface area contributed by atoms with E-state index in [1.54, 1.807) is 6.92 Å². The van der Waals surface area contributed by atoms with Gasteiger partial charge in [0.25, 0.3) is 0 Å². The van der Waals surface area contributed by atoms with E-state index < -0.39 is 0 Å². The predicted molar refractivity (Wildman–Crippen MR) is 60.0 cm³/mol. The molecule has 3 N–H and O–H groups in total. The molecule has 12 heavy (non-hydrogen) atoms. The lowest BCUT2D eigenvalue weighted by Crippen LogP contribution is -2.35. The Morgan fingerprint density at radius 3 is 3.00 bits per heavy atom. The quantitative estimate of drug-likeness (QED) is 0.636. The second kappa shape index (κ2) is 6.47.